The molecule has 46 heavy (non-hydrogen) atoms. The van der Waals surface area contributed by atoms with E-state index in [9.17, 15) is 32.7 Å². The summed E-state index contributed by atoms with van der Waals surface area (Å²) in [5.41, 5.74) is -3.19. The minimum absolute atomic E-state index is 0.0266. The van der Waals surface area contributed by atoms with Crippen LogP contribution in [-0.2, 0) is 47.3 Å². The number of ether oxygens (including phenoxy) is 3. The van der Waals surface area contributed by atoms with Crippen molar-refractivity contribution in [2.75, 3.05) is 33.3 Å². The van der Waals surface area contributed by atoms with Crippen molar-refractivity contribution in [1.82, 2.24) is 28.7 Å². The van der Waals surface area contributed by atoms with Gasteiger partial charge in [0, 0.05) is 20.1 Å². The molecule has 1 spiro atoms. The normalized spacial score (nSPS) is 25.1. The number of esters is 2. The third-order valence-corrected chi connectivity index (χ3v) is 9.86. The largest absolute Gasteiger partial charge is 0.493 e. The molecule has 3 aliphatic rings. The number of aliphatic hydroxyl groups is 1. The number of sulfonamides is 1. The van der Waals surface area contributed by atoms with Gasteiger partial charge in [0.1, 0.15) is 11.3 Å². The van der Waals surface area contributed by atoms with E-state index in [2.05, 4.69) is 10.1 Å². The molecule has 5 heterocycles. The molecule has 2 saturated heterocycles. The average molecular weight is 661 g/mol. The fourth-order valence-electron chi connectivity index (χ4n) is 5.93. The molecule has 0 saturated carbocycles. The first-order valence-electron chi connectivity index (χ1n) is 14.6. The van der Waals surface area contributed by atoms with Gasteiger partial charge in [-0.25, -0.2) is 18.0 Å². The first-order valence-corrected chi connectivity index (χ1v) is 16.0. The zero-order valence-electron chi connectivity index (χ0n) is 25.5. The fraction of sp³-hybridized carbons (Fsp3) is 0.500. The lowest BCUT2D eigenvalue weighted by atomic mass is 9.96. The molecule has 0 amide bonds. The van der Waals surface area contributed by atoms with Crippen molar-refractivity contribution < 1.29 is 47.0 Å². The number of hydrogen-bond acceptors (Lipinski definition) is 14. The molecule has 3 aromatic rings. The molecule has 2 atom stereocenters. The molecule has 4 bridgehead atoms. The van der Waals surface area contributed by atoms with Gasteiger partial charge in [0.05, 0.1) is 42.1 Å². The predicted octanol–water partition coefficient (Wildman–Crippen LogP) is -0.682. The highest BCUT2D eigenvalue weighted by Crippen LogP contribution is 2.39. The maximum Gasteiger partial charge on any atom is 0.346 e. The second-order valence-corrected chi connectivity index (χ2v) is 13.2. The summed E-state index contributed by atoms with van der Waals surface area (Å²) >= 11 is 0. The van der Waals surface area contributed by atoms with Crippen LogP contribution in [0.4, 0.5) is 0 Å². The Hall–Kier alpha value is -4.39. The van der Waals surface area contributed by atoms with Crippen molar-refractivity contribution in [2.24, 2.45) is 7.05 Å². The van der Waals surface area contributed by atoms with Gasteiger partial charge in [-0.2, -0.15) is 14.8 Å². The third kappa shape index (κ3) is 5.01. The summed E-state index contributed by atoms with van der Waals surface area (Å²) < 4.78 is 48.6. The van der Waals surface area contributed by atoms with E-state index < -0.39 is 64.4 Å². The SMILES string of the molecule is CCCc1nn(C)c2c(=O)nc3n(c12)OC(=O)CC1(O)CC(=O)OC2(CN(C)CCN2S(=O)(=O)c2ccc(OCC)c-3c2)OC1=O. The first kappa shape index (κ1) is 31.6. The average Bonchev–Trinajstić information content (AvgIpc) is 3.25. The Kier molecular flexibility index (Phi) is 7.65. The minimum Gasteiger partial charge on any atom is -0.493 e. The second kappa shape index (κ2) is 11.1. The quantitative estimate of drug-likeness (QED) is 0.345. The summed E-state index contributed by atoms with van der Waals surface area (Å²) in [6, 6.07) is 3.77. The number of carbonyl (C=O) groups excluding carboxylic acids is 3. The summed E-state index contributed by atoms with van der Waals surface area (Å²) in [6.45, 7) is 3.19. The number of nitrogens with zero attached hydrogens (tertiary/aromatic N) is 6. The maximum atomic E-state index is 14.4. The van der Waals surface area contributed by atoms with E-state index in [1.165, 1.54) is 29.9 Å². The highest BCUT2D eigenvalue weighted by molar-refractivity contribution is 7.89. The second-order valence-electron chi connectivity index (χ2n) is 11.4. The molecule has 6 rings (SSSR count). The van der Waals surface area contributed by atoms with Crippen LogP contribution in [0.3, 0.4) is 0 Å². The lowest BCUT2D eigenvalue weighted by Crippen LogP contribution is -2.66. The van der Waals surface area contributed by atoms with E-state index in [0.717, 1.165) is 9.04 Å². The van der Waals surface area contributed by atoms with E-state index >= 15 is 0 Å². The Balaban J connectivity index is 1.71. The van der Waals surface area contributed by atoms with Crippen molar-refractivity contribution in [1.29, 1.82) is 0 Å². The highest BCUT2D eigenvalue weighted by Gasteiger charge is 2.60. The van der Waals surface area contributed by atoms with Crippen LogP contribution in [0.15, 0.2) is 27.9 Å². The molecular weight excluding hydrogens is 628 g/mol. The smallest absolute Gasteiger partial charge is 0.346 e. The fourth-order valence-corrected chi connectivity index (χ4v) is 7.51. The van der Waals surface area contributed by atoms with Crippen LogP contribution in [0.2, 0.25) is 0 Å². The predicted molar refractivity (Wildman–Crippen MR) is 155 cm³/mol. The van der Waals surface area contributed by atoms with Crippen molar-refractivity contribution in [3.63, 3.8) is 0 Å². The molecule has 1 N–H and O–H groups in total. The number of hydrogen-bond donors (Lipinski definition) is 1. The van der Waals surface area contributed by atoms with Gasteiger partial charge < -0.3 is 24.2 Å². The summed E-state index contributed by atoms with van der Waals surface area (Å²) in [4.78, 5) is 64.9. The molecule has 3 aliphatic heterocycles. The molecule has 2 fully saturated rings. The number of fused-ring (bicyclic) bond motifs is 8. The van der Waals surface area contributed by atoms with Crippen LogP contribution in [0.5, 0.6) is 5.75 Å². The Bertz CT molecular complexity index is 1960. The molecule has 2 aromatic heterocycles. The van der Waals surface area contributed by atoms with Crippen LogP contribution in [-0.4, -0.2) is 105 Å². The van der Waals surface area contributed by atoms with E-state index in [0.29, 0.717) is 18.5 Å². The molecule has 0 radical (unpaired) electrons. The molecule has 2 unspecified atom stereocenters. The lowest BCUT2D eigenvalue weighted by molar-refractivity contribution is -0.280. The summed E-state index contributed by atoms with van der Waals surface area (Å²) in [5, 5.41) is 15.8. The zero-order chi connectivity index (χ0) is 33.2. The zero-order valence-corrected chi connectivity index (χ0v) is 26.3. The van der Waals surface area contributed by atoms with Gasteiger partial charge in [-0.15, -0.1) is 4.31 Å². The standard InChI is InChI=1S/C28H32N6O11S/c1-5-7-18-22-23(32(4)30-18)25(37)29-24-17-12-16(8-9-19(17)42-6-2)46(40,41)33-11-10-31(3)15-28(33)43-20(35)13-27(39,26(38)44-28)14-21(36)45-34(22)24/h8-9,12,39H,5-7,10-11,13-15H2,1-4H3. The minimum atomic E-state index is -4.66. The van der Waals surface area contributed by atoms with Crippen LogP contribution in [0.1, 0.15) is 38.8 Å². The van der Waals surface area contributed by atoms with Crippen LogP contribution in [0.25, 0.3) is 22.4 Å². The molecule has 246 valence electrons. The van der Waals surface area contributed by atoms with Gasteiger partial charge in [0.2, 0.25) is 10.0 Å². The molecule has 18 heteroatoms. The first-order chi connectivity index (χ1) is 21.7. The van der Waals surface area contributed by atoms with E-state index in [4.69, 9.17) is 19.0 Å². The van der Waals surface area contributed by atoms with Crippen molar-refractivity contribution in [3.05, 3.63) is 34.2 Å². The van der Waals surface area contributed by atoms with Gasteiger partial charge in [0.15, 0.2) is 16.9 Å². The Labute approximate surface area is 262 Å². The maximum absolute atomic E-state index is 14.4. The number of piperazine rings is 1. The van der Waals surface area contributed by atoms with E-state index in [1.807, 2.05) is 6.92 Å². The number of rotatable bonds is 4. The van der Waals surface area contributed by atoms with Crippen LogP contribution >= 0.6 is 0 Å². The Morgan fingerprint density at radius 3 is 2.48 bits per heavy atom. The van der Waals surface area contributed by atoms with Gasteiger partial charge >= 0.3 is 23.8 Å². The Morgan fingerprint density at radius 1 is 1.02 bits per heavy atom. The van der Waals surface area contributed by atoms with Gasteiger partial charge in [-0.1, -0.05) is 13.3 Å². The molecule has 1 aromatic carbocycles. The van der Waals surface area contributed by atoms with Crippen molar-refractivity contribution >= 4 is 39.0 Å². The van der Waals surface area contributed by atoms with E-state index in [-0.39, 0.29) is 52.8 Å². The molecule has 0 aliphatic carbocycles. The summed E-state index contributed by atoms with van der Waals surface area (Å²) in [6.07, 6.45) is -1.21. The topological polar surface area (TPSA) is 202 Å². The number of likely N-dealkylation sites (N-methyl/N-ethyl adjacent to an activating group) is 1. The van der Waals surface area contributed by atoms with Crippen LogP contribution in [0, 0.1) is 0 Å². The summed E-state index contributed by atoms with van der Waals surface area (Å²) in [7, 11) is -1.55. The Morgan fingerprint density at radius 2 is 1.76 bits per heavy atom. The lowest BCUT2D eigenvalue weighted by Gasteiger charge is -2.45. The third-order valence-electron chi connectivity index (χ3n) is 7.97. The number of aryl methyl sites for hydroxylation is 2. The highest BCUT2D eigenvalue weighted by atomic mass is 32.2. The van der Waals surface area contributed by atoms with Crippen molar-refractivity contribution in [2.45, 2.75) is 55.9 Å². The monoisotopic (exact) mass is 660 g/mol. The number of benzene rings is 1. The van der Waals surface area contributed by atoms with Crippen LogP contribution < -0.4 is 15.1 Å². The van der Waals surface area contributed by atoms with Gasteiger partial charge in [-0.05, 0) is 38.6 Å². The summed E-state index contributed by atoms with van der Waals surface area (Å²) in [5.74, 6) is -6.57. The molecular formula is C28H32N6O11S. The van der Waals surface area contributed by atoms with Gasteiger partial charge in [-0.3, -0.25) is 19.2 Å². The number of aromatic nitrogens is 4. The number of carbonyl (C=O) groups is 3. The molecule has 17 nitrogen and oxygen atoms in total. The van der Waals surface area contributed by atoms with Gasteiger partial charge in [0.25, 0.3) is 5.56 Å². The van der Waals surface area contributed by atoms with E-state index in [1.54, 1.807) is 18.9 Å². The van der Waals surface area contributed by atoms with Crippen molar-refractivity contribution in [3.8, 4) is 17.1 Å².